The summed E-state index contributed by atoms with van der Waals surface area (Å²) < 4.78 is 23.8. The summed E-state index contributed by atoms with van der Waals surface area (Å²) in [6, 6.07) is 9.60. The first-order valence-corrected chi connectivity index (χ1v) is 10.1. The van der Waals surface area contributed by atoms with E-state index in [1.54, 1.807) is 29.3 Å². The van der Waals surface area contributed by atoms with Crippen molar-refractivity contribution in [2.75, 3.05) is 20.9 Å². The standard InChI is InChI=1S/C21H17ClFN3O3S/c1-28-16-9-7-14(19(22)20(16)29-2)18-15-8-10-17(25-26(15)11-24-21(18)27)30-13-5-3-12(23)4-6-13/h3-10H,11H2,1-2H3,(H,24,27). The minimum absolute atomic E-state index is 0.223. The predicted molar refractivity (Wildman–Crippen MR) is 115 cm³/mol. The minimum atomic E-state index is -0.291. The van der Waals surface area contributed by atoms with E-state index in [-0.39, 0.29) is 23.4 Å². The number of carbonyl (C=O) groups is 1. The SMILES string of the molecule is COc1ccc(C2=C3C=CC(Sc4ccc(F)cc4)=NN3CNC2=O)c(Cl)c1OC. The first-order valence-electron chi connectivity index (χ1n) is 8.92. The zero-order valence-electron chi connectivity index (χ0n) is 16.1. The fraction of sp³-hybridized carbons (Fsp3) is 0.143. The molecule has 30 heavy (non-hydrogen) atoms. The number of rotatable bonds is 4. The van der Waals surface area contributed by atoms with E-state index in [1.165, 1.54) is 38.1 Å². The number of halogens is 2. The summed E-state index contributed by atoms with van der Waals surface area (Å²) in [5.74, 6) is 0.274. The van der Waals surface area contributed by atoms with Crippen molar-refractivity contribution in [3.8, 4) is 11.5 Å². The van der Waals surface area contributed by atoms with Gasteiger partial charge in [-0.25, -0.2) is 9.40 Å². The molecular formula is C21H17ClFN3O3S. The highest BCUT2D eigenvalue weighted by molar-refractivity contribution is 8.14. The van der Waals surface area contributed by atoms with Crippen LogP contribution in [0, 0.1) is 5.82 Å². The van der Waals surface area contributed by atoms with E-state index in [1.807, 2.05) is 12.2 Å². The number of methoxy groups -OCH3 is 2. The van der Waals surface area contributed by atoms with Crippen LogP contribution in [0.15, 0.2) is 64.2 Å². The molecule has 2 aliphatic heterocycles. The van der Waals surface area contributed by atoms with Gasteiger partial charge in [-0.1, -0.05) is 23.4 Å². The van der Waals surface area contributed by atoms with Crippen LogP contribution < -0.4 is 14.8 Å². The maximum absolute atomic E-state index is 13.1. The lowest BCUT2D eigenvalue weighted by atomic mass is 9.99. The normalized spacial score (nSPS) is 15.5. The van der Waals surface area contributed by atoms with Crippen LogP contribution in [0.1, 0.15) is 5.56 Å². The third-order valence-corrected chi connectivity index (χ3v) is 5.85. The Hall–Kier alpha value is -2.97. The van der Waals surface area contributed by atoms with Gasteiger partial charge < -0.3 is 14.8 Å². The van der Waals surface area contributed by atoms with Crippen molar-refractivity contribution >= 4 is 39.9 Å². The summed E-state index contributed by atoms with van der Waals surface area (Å²) in [6.45, 7) is 0.223. The van der Waals surface area contributed by atoms with Crippen molar-refractivity contribution in [3.63, 3.8) is 0 Å². The summed E-state index contributed by atoms with van der Waals surface area (Å²) in [5, 5.41) is 10.1. The molecule has 0 aromatic heterocycles. The second-order valence-electron chi connectivity index (χ2n) is 6.31. The smallest absolute Gasteiger partial charge is 0.255 e. The summed E-state index contributed by atoms with van der Waals surface area (Å²) in [6.07, 6.45) is 3.63. The predicted octanol–water partition coefficient (Wildman–Crippen LogP) is 4.27. The van der Waals surface area contributed by atoms with Crippen LogP contribution in [0.5, 0.6) is 11.5 Å². The molecular weight excluding hydrogens is 429 g/mol. The van der Waals surface area contributed by atoms with Crippen LogP contribution in [0.3, 0.4) is 0 Å². The number of nitrogens with zero attached hydrogens (tertiary/aromatic N) is 2. The second kappa shape index (κ2) is 8.41. The first-order chi connectivity index (χ1) is 14.5. The number of amides is 1. The van der Waals surface area contributed by atoms with Gasteiger partial charge in [-0.2, -0.15) is 5.10 Å². The molecule has 0 radical (unpaired) electrons. The highest BCUT2D eigenvalue weighted by atomic mass is 35.5. The largest absolute Gasteiger partial charge is 0.493 e. The maximum Gasteiger partial charge on any atom is 0.255 e. The third kappa shape index (κ3) is 3.76. The molecule has 0 saturated heterocycles. The van der Waals surface area contributed by atoms with E-state index in [4.69, 9.17) is 21.1 Å². The van der Waals surface area contributed by atoms with Crippen molar-refractivity contribution in [1.29, 1.82) is 0 Å². The van der Waals surface area contributed by atoms with Gasteiger partial charge in [0.1, 0.15) is 17.5 Å². The van der Waals surface area contributed by atoms with E-state index < -0.39 is 0 Å². The highest BCUT2D eigenvalue weighted by Gasteiger charge is 2.30. The number of hydrazone groups is 1. The topological polar surface area (TPSA) is 63.2 Å². The minimum Gasteiger partial charge on any atom is -0.493 e. The van der Waals surface area contributed by atoms with Crippen LogP contribution >= 0.6 is 23.4 Å². The van der Waals surface area contributed by atoms with Gasteiger partial charge in [0.25, 0.3) is 5.91 Å². The summed E-state index contributed by atoms with van der Waals surface area (Å²) >= 11 is 7.94. The molecule has 6 nitrogen and oxygen atoms in total. The van der Waals surface area contributed by atoms with Gasteiger partial charge in [-0.3, -0.25) is 4.79 Å². The number of nitrogens with one attached hydrogen (secondary N) is 1. The zero-order valence-corrected chi connectivity index (χ0v) is 17.7. The number of fused-ring (bicyclic) bond motifs is 1. The first kappa shape index (κ1) is 20.3. The molecule has 2 aromatic rings. The molecule has 0 bridgehead atoms. The summed E-state index contributed by atoms with van der Waals surface area (Å²) in [7, 11) is 3.01. The Morgan fingerprint density at radius 3 is 2.60 bits per heavy atom. The molecule has 9 heteroatoms. The fourth-order valence-electron chi connectivity index (χ4n) is 3.15. The molecule has 0 unspecified atom stereocenters. The second-order valence-corrected chi connectivity index (χ2v) is 7.79. The monoisotopic (exact) mass is 445 g/mol. The van der Waals surface area contributed by atoms with Gasteiger partial charge in [0.15, 0.2) is 11.5 Å². The van der Waals surface area contributed by atoms with Crippen LogP contribution in [0.25, 0.3) is 5.57 Å². The Morgan fingerprint density at radius 2 is 1.90 bits per heavy atom. The Balaban J connectivity index is 1.71. The molecule has 2 aliphatic rings. The molecule has 1 N–H and O–H groups in total. The van der Waals surface area contributed by atoms with Crippen LogP contribution in [0.2, 0.25) is 5.02 Å². The van der Waals surface area contributed by atoms with Crippen molar-refractivity contribution in [1.82, 2.24) is 10.3 Å². The molecule has 4 rings (SSSR count). The lowest BCUT2D eigenvalue weighted by molar-refractivity contribution is -0.116. The van der Waals surface area contributed by atoms with Gasteiger partial charge in [0, 0.05) is 10.5 Å². The van der Waals surface area contributed by atoms with Crippen molar-refractivity contribution in [3.05, 3.63) is 70.7 Å². The van der Waals surface area contributed by atoms with Gasteiger partial charge in [0.2, 0.25) is 0 Å². The number of allylic oxidation sites excluding steroid dienone is 1. The molecule has 0 fully saturated rings. The molecule has 0 atom stereocenters. The number of hydrogen-bond donors (Lipinski definition) is 1. The number of carbonyl (C=O) groups excluding carboxylic acids is 1. The quantitative estimate of drug-likeness (QED) is 0.761. The summed E-state index contributed by atoms with van der Waals surface area (Å²) in [4.78, 5) is 13.6. The van der Waals surface area contributed by atoms with Gasteiger partial charge in [-0.05, 0) is 48.6 Å². The lowest BCUT2D eigenvalue weighted by Crippen LogP contribution is -2.42. The number of ether oxygens (including phenoxy) is 2. The van der Waals surface area contributed by atoms with E-state index in [2.05, 4.69) is 10.4 Å². The highest BCUT2D eigenvalue weighted by Crippen LogP contribution is 2.42. The third-order valence-electron chi connectivity index (χ3n) is 4.54. The average Bonchev–Trinajstić information content (AvgIpc) is 2.75. The molecule has 1 amide bonds. The van der Waals surface area contributed by atoms with Crippen LogP contribution in [0.4, 0.5) is 4.39 Å². The average molecular weight is 446 g/mol. The van der Waals surface area contributed by atoms with Gasteiger partial charge in [-0.15, -0.1) is 0 Å². The summed E-state index contributed by atoms with van der Waals surface area (Å²) in [5.41, 5.74) is 1.52. The zero-order chi connectivity index (χ0) is 21.3. The van der Waals surface area contributed by atoms with Gasteiger partial charge in [0.05, 0.1) is 30.5 Å². The molecule has 2 aromatic carbocycles. The Bertz CT molecular complexity index is 1100. The van der Waals surface area contributed by atoms with Crippen LogP contribution in [-0.4, -0.2) is 36.8 Å². The van der Waals surface area contributed by atoms with Crippen LogP contribution in [-0.2, 0) is 4.79 Å². The number of benzene rings is 2. The Morgan fingerprint density at radius 1 is 1.13 bits per heavy atom. The van der Waals surface area contributed by atoms with E-state index in [9.17, 15) is 9.18 Å². The van der Waals surface area contributed by atoms with E-state index >= 15 is 0 Å². The van der Waals surface area contributed by atoms with Crippen molar-refractivity contribution in [2.45, 2.75) is 4.90 Å². The van der Waals surface area contributed by atoms with E-state index in [0.717, 1.165) is 4.90 Å². The number of hydrogen-bond acceptors (Lipinski definition) is 6. The van der Waals surface area contributed by atoms with Crippen molar-refractivity contribution in [2.24, 2.45) is 5.10 Å². The van der Waals surface area contributed by atoms with Crippen molar-refractivity contribution < 1.29 is 18.7 Å². The lowest BCUT2D eigenvalue weighted by Gasteiger charge is -2.31. The molecule has 2 heterocycles. The Kier molecular flexibility index (Phi) is 5.69. The fourth-order valence-corrected chi connectivity index (χ4v) is 4.26. The molecule has 0 aliphatic carbocycles. The van der Waals surface area contributed by atoms with Gasteiger partial charge >= 0.3 is 0 Å². The van der Waals surface area contributed by atoms with E-state index in [0.29, 0.717) is 33.4 Å². The molecule has 0 spiro atoms. The molecule has 0 saturated carbocycles. The molecule has 154 valence electrons. The Labute approximate surface area is 182 Å². The number of thioether (sulfide) groups is 1. The maximum atomic E-state index is 13.1.